The summed E-state index contributed by atoms with van der Waals surface area (Å²) in [5.41, 5.74) is 1.43. The Kier molecular flexibility index (Phi) is 6.50. The number of anilines is 1. The van der Waals surface area contributed by atoms with Crippen molar-refractivity contribution in [3.05, 3.63) is 59.9 Å². The second-order valence-corrected chi connectivity index (χ2v) is 6.96. The van der Waals surface area contributed by atoms with Gasteiger partial charge in [0.05, 0.1) is 19.6 Å². The molecule has 1 aromatic heterocycles. The monoisotopic (exact) mass is 414 g/mol. The minimum absolute atomic E-state index is 0.0252. The Balaban J connectivity index is 1.68. The number of nitrogens with one attached hydrogen (secondary N) is 2. The Hall–Kier alpha value is -3.33. The van der Waals surface area contributed by atoms with Crippen molar-refractivity contribution in [2.75, 3.05) is 12.4 Å². The molecule has 0 bridgehead atoms. The third kappa shape index (κ3) is 5.58. The summed E-state index contributed by atoms with van der Waals surface area (Å²) in [5, 5.41) is 5.80. The van der Waals surface area contributed by atoms with Crippen LogP contribution < -0.4 is 15.4 Å². The second kappa shape index (κ2) is 9.24. The average molecular weight is 414 g/mol. The molecule has 0 aliphatic heterocycles. The van der Waals surface area contributed by atoms with Crippen molar-refractivity contribution in [1.29, 1.82) is 0 Å². The van der Waals surface area contributed by atoms with Crippen molar-refractivity contribution in [1.82, 2.24) is 14.7 Å². The highest BCUT2D eigenvalue weighted by atomic mass is 32.1. The van der Waals surface area contributed by atoms with Crippen molar-refractivity contribution < 1.29 is 18.7 Å². The number of methoxy groups -OCH3 is 1. The number of hydrogen-bond acceptors (Lipinski definition) is 6. The van der Waals surface area contributed by atoms with Crippen LogP contribution in [0, 0.1) is 5.82 Å². The molecule has 150 valence electrons. The lowest BCUT2D eigenvalue weighted by Crippen LogP contribution is -2.29. The van der Waals surface area contributed by atoms with E-state index in [1.165, 1.54) is 19.1 Å². The Morgan fingerprint density at radius 3 is 2.45 bits per heavy atom. The van der Waals surface area contributed by atoms with Gasteiger partial charge in [0.25, 0.3) is 0 Å². The van der Waals surface area contributed by atoms with Gasteiger partial charge < -0.3 is 15.4 Å². The van der Waals surface area contributed by atoms with E-state index in [2.05, 4.69) is 20.0 Å². The highest BCUT2D eigenvalue weighted by Gasteiger charge is 2.18. The van der Waals surface area contributed by atoms with E-state index in [0.717, 1.165) is 17.1 Å². The van der Waals surface area contributed by atoms with Crippen LogP contribution >= 0.6 is 11.5 Å². The van der Waals surface area contributed by atoms with Gasteiger partial charge in [0.1, 0.15) is 11.6 Å². The van der Waals surface area contributed by atoms with E-state index in [9.17, 15) is 14.0 Å². The van der Waals surface area contributed by atoms with Gasteiger partial charge in [-0.2, -0.15) is 9.36 Å². The van der Waals surface area contributed by atoms with E-state index in [0.29, 0.717) is 22.3 Å². The topological polar surface area (TPSA) is 93.2 Å². The van der Waals surface area contributed by atoms with E-state index in [1.54, 1.807) is 43.5 Å². The predicted molar refractivity (Wildman–Crippen MR) is 108 cm³/mol. The van der Waals surface area contributed by atoms with Gasteiger partial charge in [0.2, 0.25) is 16.9 Å². The van der Waals surface area contributed by atoms with Crippen LogP contribution in [0.3, 0.4) is 0 Å². The molecule has 1 heterocycles. The zero-order valence-corrected chi connectivity index (χ0v) is 16.6. The number of benzene rings is 2. The summed E-state index contributed by atoms with van der Waals surface area (Å²) in [4.78, 5) is 28.3. The minimum Gasteiger partial charge on any atom is -0.497 e. The van der Waals surface area contributed by atoms with Crippen LogP contribution in [0.15, 0.2) is 48.5 Å². The molecular weight excluding hydrogens is 395 g/mol. The maximum absolute atomic E-state index is 13.0. The molecule has 1 atom stereocenters. The van der Waals surface area contributed by atoms with Gasteiger partial charge in [0, 0.05) is 24.0 Å². The standard InChI is InChI=1S/C20H19FN4O3S/c1-12(26)22-17(13-5-9-16(28-2)10-6-13)11-18(27)23-20-24-19(25-29-20)14-3-7-15(21)8-4-14/h3-10,17H,11H2,1-2H3,(H,22,26)(H,23,24,25,27). The molecule has 3 aromatic rings. The number of nitrogens with zero attached hydrogens (tertiary/aromatic N) is 2. The number of aromatic nitrogens is 2. The number of carbonyl (C=O) groups excluding carboxylic acids is 2. The van der Waals surface area contributed by atoms with Crippen molar-refractivity contribution >= 4 is 28.5 Å². The summed E-state index contributed by atoms with van der Waals surface area (Å²) in [6, 6.07) is 12.4. The lowest BCUT2D eigenvalue weighted by molar-refractivity contribution is -0.120. The zero-order valence-electron chi connectivity index (χ0n) is 15.8. The fourth-order valence-corrected chi connectivity index (χ4v) is 3.29. The van der Waals surface area contributed by atoms with E-state index in [4.69, 9.17) is 4.74 Å². The number of hydrogen-bond donors (Lipinski definition) is 2. The highest BCUT2D eigenvalue weighted by molar-refractivity contribution is 7.10. The smallest absolute Gasteiger partial charge is 0.228 e. The summed E-state index contributed by atoms with van der Waals surface area (Å²) in [6.45, 7) is 1.40. The summed E-state index contributed by atoms with van der Waals surface area (Å²) in [7, 11) is 1.57. The molecule has 29 heavy (non-hydrogen) atoms. The number of carbonyl (C=O) groups is 2. The lowest BCUT2D eigenvalue weighted by atomic mass is 10.0. The Labute approximate surface area is 171 Å². The van der Waals surface area contributed by atoms with Gasteiger partial charge >= 0.3 is 0 Å². The first kappa shape index (κ1) is 20.4. The first-order valence-corrected chi connectivity index (χ1v) is 9.52. The van der Waals surface area contributed by atoms with Crippen LogP contribution in [0.1, 0.15) is 24.9 Å². The molecule has 7 nitrogen and oxygen atoms in total. The molecule has 0 radical (unpaired) electrons. The van der Waals surface area contributed by atoms with E-state index in [1.807, 2.05) is 0 Å². The van der Waals surface area contributed by atoms with Gasteiger partial charge in [-0.05, 0) is 42.0 Å². The molecule has 0 saturated heterocycles. The predicted octanol–water partition coefficient (Wildman–Crippen LogP) is 3.56. The van der Waals surface area contributed by atoms with Crippen LogP contribution in [-0.4, -0.2) is 28.3 Å². The second-order valence-electron chi connectivity index (χ2n) is 6.21. The third-order valence-corrected chi connectivity index (χ3v) is 4.69. The van der Waals surface area contributed by atoms with Crippen LogP contribution in [0.5, 0.6) is 5.75 Å². The number of halogens is 1. The Bertz CT molecular complexity index is 990. The van der Waals surface area contributed by atoms with E-state index in [-0.39, 0.29) is 24.1 Å². The molecule has 2 N–H and O–H groups in total. The molecule has 9 heteroatoms. The Morgan fingerprint density at radius 1 is 1.14 bits per heavy atom. The van der Waals surface area contributed by atoms with E-state index >= 15 is 0 Å². The maximum Gasteiger partial charge on any atom is 0.228 e. The molecule has 0 aliphatic carbocycles. The van der Waals surface area contributed by atoms with Crippen molar-refractivity contribution in [2.24, 2.45) is 0 Å². The summed E-state index contributed by atoms with van der Waals surface area (Å²) in [5.74, 6) is 0.176. The number of amides is 2. The molecule has 0 aliphatic rings. The fraction of sp³-hybridized carbons (Fsp3) is 0.200. The minimum atomic E-state index is -0.497. The van der Waals surface area contributed by atoms with Crippen LogP contribution in [0.4, 0.5) is 9.52 Å². The molecule has 2 amide bonds. The first-order valence-electron chi connectivity index (χ1n) is 8.75. The molecule has 0 spiro atoms. The molecular formula is C20H19FN4O3S. The molecule has 0 fully saturated rings. The average Bonchev–Trinajstić information content (AvgIpc) is 3.16. The van der Waals surface area contributed by atoms with Crippen molar-refractivity contribution in [2.45, 2.75) is 19.4 Å². The van der Waals surface area contributed by atoms with Crippen LogP contribution in [-0.2, 0) is 9.59 Å². The van der Waals surface area contributed by atoms with Gasteiger partial charge in [-0.25, -0.2) is 4.39 Å². The van der Waals surface area contributed by atoms with Gasteiger partial charge in [-0.15, -0.1) is 0 Å². The van der Waals surface area contributed by atoms with Gasteiger partial charge in [0.15, 0.2) is 5.82 Å². The van der Waals surface area contributed by atoms with Gasteiger partial charge in [-0.1, -0.05) is 12.1 Å². The fourth-order valence-electron chi connectivity index (χ4n) is 2.68. The van der Waals surface area contributed by atoms with Crippen LogP contribution in [0.25, 0.3) is 11.4 Å². The van der Waals surface area contributed by atoms with Gasteiger partial charge in [-0.3, -0.25) is 9.59 Å². The molecule has 3 rings (SSSR count). The summed E-state index contributed by atoms with van der Waals surface area (Å²) in [6.07, 6.45) is 0.0252. The molecule has 1 unspecified atom stereocenters. The van der Waals surface area contributed by atoms with Crippen molar-refractivity contribution in [3.8, 4) is 17.1 Å². The highest BCUT2D eigenvalue weighted by Crippen LogP contribution is 2.24. The summed E-state index contributed by atoms with van der Waals surface area (Å²) >= 11 is 1.03. The third-order valence-electron chi connectivity index (χ3n) is 4.06. The van der Waals surface area contributed by atoms with Crippen LogP contribution in [0.2, 0.25) is 0 Å². The quantitative estimate of drug-likeness (QED) is 0.617. The SMILES string of the molecule is COc1ccc(C(CC(=O)Nc2nc(-c3ccc(F)cc3)ns2)NC(C)=O)cc1. The Morgan fingerprint density at radius 2 is 1.83 bits per heavy atom. The molecule has 2 aromatic carbocycles. The zero-order chi connectivity index (χ0) is 20.8. The maximum atomic E-state index is 13.0. The summed E-state index contributed by atoms with van der Waals surface area (Å²) < 4.78 is 22.4. The van der Waals surface area contributed by atoms with Crippen molar-refractivity contribution in [3.63, 3.8) is 0 Å². The normalized spacial score (nSPS) is 11.6. The number of ether oxygens (including phenoxy) is 1. The largest absolute Gasteiger partial charge is 0.497 e. The first-order chi connectivity index (χ1) is 13.9. The number of rotatable bonds is 7. The van der Waals surface area contributed by atoms with E-state index < -0.39 is 6.04 Å². The molecule has 0 saturated carbocycles. The lowest BCUT2D eigenvalue weighted by Gasteiger charge is -2.18.